The number of benzene rings is 2. The SMILES string of the molecule is O=S(=O)(Nc1cscn1)c1cc(F)c(Oc2ccc(Cl)cc2CCCNc2ccn[nH]2)cc1F. The summed E-state index contributed by atoms with van der Waals surface area (Å²) in [5.41, 5.74) is 2.09. The molecule has 4 aromatic rings. The first kappa shape index (κ1) is 23.9. The average Bonchev–Trinajstić information content (AvgIpc) is 3.49. The maximum Gasteiger partial charge on any atom is 0.266 e. The van der Waals surface area contributed by atoms with Crippen LogP contribution in [-0.4, -0.2) is 30.1 Å². The van der Waals surface area contributed by atoms with Gasteiger partial charge in [-0.3, -0.25) is 9.82 Å². The lowest BCUT2D eigenvalue weighted by Crippen LogP contribution is -2.15. The van der Waals surface area contributed by atoms with Gasteiger partial charge >= 0.3 is 0 Å². The number of H-pyrrole nitrogens is 1. The van der Waals surface area contributed by atoms with Crippen molar-refractivity contribution in [2.75, 3.05) is 16.6 Å². The number of aromatic amines is 1. The van der Waals surface area contributed by atoms with E-state index in [-0.39, 0.29) is 11.6 Å². The Morgan fingerprint density at radius 1 is 1.12 bits per heavy atom. The first-order valence-electron chi connectivity index (χ1n) is 9.91. The maximum absolute atomic E-state index is 14.8. The summed E-state index contributed by atoms with van der Waals surface area (Å²) < 4.78 is 62.1. The maximum atomic E-state index is 14.8. The van der Waals surface area contributed by atoms with E-state index < -0.39 is 32.3 Å². The molecular weight excluding hydrogens is 508 g/mol. The van der Waals surface area contributed by atoms with E-state index in [1.807, 2.05) is 0 Å². The Morgan fingerprint density at radius 2 is 1.97 bits per heavy atom. The van der Waals surface area contributed by atoms with Crippen LogP contribution in [-0.2, 0) is 16.4 Å². The molecule has 0 radical (unpaired) electrons. The highest BCUT2D eigenvalue weighted by Crippen LogP contribution is 2.33. The van der Waals surface area contributed by atoms with Crippen molar-refractivity contribution < 1.29 is 21.9 Å². The van der Waals surface area contributed by atoms with E-state index in [1.165, 1.54) is 10.9 Å². The molecule has 13 heteroatoms. The van der Waals surface area contributed by atoms with Crippen molar-refractivity contribution in [1.82, 2.24) is 15.2 Å². The summed E-state index contributed by atoms with van der Waals surface area (Å²) in [6.07, 6.45) is 2.85. The average molecular weight is 526 g/mol. The monoisotopic (exact) mass is 525 g/mol. The van der Waals surface area contributed by atoms with E-state index in [4.69, 9.17) is 16.3 Å². The highest BCUT2D eigenvalue weighted by Gasteiger charge is 2.24. The van der Waals surface area contributed by atoms with Crippen molar-refractivity contribution >= 4 is 44.6 Å². The Bertz CT molecular complexity index is 1370. The summed E-state index contributed by atoms with van der Waals surface area (Å²) in [5.74, 6) is -1.60. The molecular formula is C21H18ClF2N5O3S2. The van der Waals surface area contributed by atoms with Crippen molar-refractivity contribution in [3.63, 3.8) is 0 Å². The third-order valence-electron chi connectivity index (χ3n) is 4.63. The number of thiazole rings is 1. The molecule has 0 atom stereocenters. The molecule has 0 bridgehead atoms. The summed E-state index contributed by atoms with van der Waals surface area (Å²) >= 11 is 7.25. The van der Waals surface area contributed by atoms with E-state index in [0.717, 1.165) is 17.2 Å². The van der Waals surface area contributed by atoms with E-state index in [0.29, 0.717) is 42.1 Å². The molecule has 4 rings (SSSR count). The van der Waals surface area contributed by atoms with Gasteiger partial charge in [-0.15, -0.1) is 11.3 Å². The molecule has 2 aromatic heterocycles. The molecule has 0 aliphatic carbocycles. The van der Waals surface area contributed by atoms with Gasteiger partial charge in [-0.2, -0.15) is 5.10 Å². The number of aromatic nitrogens is 3. The smallest absolute Gasteiger partial charge is 0.266 e. The number of anilines is 2. The van der Waals surface area contributed by atoms with Crippen LogP contribution in [0.1, 0.15) is 12.0 Å². The molecule has 0 amide bonds. The zero-order valence-corrected chi connectivity index (χ0v) is 19.8. The fourth-order valence-corrected chi connectivity index (χ4v) is 4.89. The van der Waals surface area contributed by atoms with E-state index in [9.17, 15) is 17.2 Å². The van der Waals surface area contributed by atoms with Crippen LogP contribution in [0.5, 0.6) is 11.5 Å². The number of hydrogen-bond donors (Lipinski definition) is 3. The highest BCUT2D eigenvalue weighted by molar-refractivity contribution is 7.92. The second-order valence-corrected chi connectivity index (χ2v) is 9.85. The summed E-state index contributed by atoms with van der Waals surface area (Å²) in [4.78, 5) is 2.93. The van der Waals surface area contributed by atoms with Crippen LogP contribution in [0, 0.1) is 11.6 Å². The van der Waals surface area contributed by atoms with E-state index in [2.05, 4.69) is 25.2 Å². The Balaban J connectivity index is 1.50. The normalized spacial score (nSPS) is 11.4. The van der Waals surface area contributed by atoms with Gasteiger partial charge in [0.1, 0.15) is 22.3 Å². The third-order valence-corrected chi connectivity index (χ3v) is 6.82. The molecule has 3 N–H and O–H groups in total. The molecule has 0 spiro atoms. The number of aryl methyl sites for hydroxylation is 1. The number of rotatable bonds is 10. The summed E-state index contributed by atoms with van der Waals surface area (Å²) in [6.45, 7) is 0.621. The summed E-state index contributed by atoms with van der Waals surface area (Å²) in [5, 5.41) is 11.7. The lowest BCUT2D eigenvalue weighted by molar-refractivity contribution is 0.428. The van der Waals surface area contributed by atoms with Gasteiger partial charge in [-0.05, 0) is 42.7 Å². The predicted molar refractivity (Wildman–Crippen MR) is 126 cm³/mol. The molecule has 0 aliphatic rings. The second kappa shape index (κ2) is 10.4. The third kappa shape index (κ3) is 5.82. The number of halogens is 3. The van der Waals surface area contributed by atoms with Gasteiger partial charge in [0.15, 0.2) is 17.4 Å². The summed E-state index contributed by atoms with van der Waals surface area (Å²) in [6, 6.07) is 7.85. The lowest BCUT2D eigenvalue weighted by atomic mass is 10.1. The standard InChI is InChI=1S/C21H18ClF2N5O3S2/c22-14-3-4-17(13(8-14)2-1-6-25-20-5-7-27-28-20)32-18-9-16(24)19(10-15(18)23)34(30,31)29-21-11-33-12-26-21/h3-5,7-12,29H,1-2,6H2,(H2,25,27,28). The van der Waals surface area contributed by atoms with Crippen molar-refractivity contribution in [2.45, 2.75) is 17.7 Å². The minimum Gasteiger partial charge on any atom is -0.454 e. The fraction of sp³-hybridized carbons (Fsp3) is 0.143. The van der Waals surface area contributed by atoms with Crippen molar-refractivity contribution in [2.24, 2.45) is 0 Å². The largest absolute Gasteiger partial charge is 0.454 e. The Hall–Kier alpha value is -3.22. The Morgan fingerprint density at radius 3 is 2.71 bits per heavy atom. The Labute approximate surface area is 203 Å². The van der Waals surface area contributed by atoms with Crippen LogP contribution in [0.15, 0.2) is 58.4 Å². The number of ether oxygens (including phenoxy) is 1. The minimum absolute atomic E-state index is 0.0120. The highest BCUT2D eigenvalue weighted by atomic mass is 35.5. The first-order chi connectivity index (χ1) is 16.3. The molecule has 2 heterocycles. The topological polar surface area (TPSA) is 109 Å². The minimum atomic E-state index is -4.38. The van der Waals surface area contributed by atoms with Crippen LogP contribution in [0.25, 0.3) is 0 Å². The zero-order chi connectivity index (χ0) is 24.1. The molecule has 0 aliphatic heterocycles. The van der Waals surface area contributed by atoms with Gasteiger partial charge in [0.2, 0.25) is 0 Å². The molecule has 8 nitrogen and oxygen atoms in total. The van der Waals surface area contributed by atoms with Crippen LogP contribution in [0.2, 0.25) is 5.02 Å². The van der Waals surface area contributed by atoms with Gasteiger partial charge in [0.05, 0.1) is 11.7 Å². The van der Waals surface area contributed by atoms with Crippen LogP contribution >= 0.6 is 22.9 Å². The second-order valence-electron chi connectivity index (χ2n) is 7.05. The molecule has 0 unspecified atom stereocenters. The van der Waals surface area contributed by atoms with Gasteiger partial charge in [0, 0.05) is 29.1 Å². The van der Waals surface area contributed by atoms with Crippen LogP contribution in [0.4, 0.5) is 20.4 Å². The van der Waals surface area contributed by atoms with Crippen molar-refractivity contribution in [3.05, 3.63) is 75.7 Å². The zero-order valence-electron chi connectivity index (χ0n) is 17.4. The Kier molecular flexibility index (Phi) is 7.29. The van der Waals surface area contributed by atoms with E-state index >= 15 is 0 Å². The number of nitrogens with one attached hydrogen (secondary N) is 3. The fourth-order valence-electron chi connectivity index (χ4n) is 3.07. The molecule has 2 aromatic carbocycles. The number of nitrogens with zero attached hydrogens (tertiary/aromatic N) is 2. The van der Waals surface area contributed by atoms with Crippen molar-refractivity contribution in [3.8, 4) is 11.5 Å². The molecule has 178 valence electrons. The van der Waals surface area contributed by atoms with Crippen LogP contribution in [0.3, 0.4) is 0 Å². The lowest BCUT2D eigenvalue weighted by Gasteiger charge is -2.14. The van der Waals surface area contributed by atoms with E-state index in [1.54, 1.807) is 30.5 Å². The van der Waals surface area contributed by atoms with Crippen molar-refractivity contribution in [1.29, 1.82) is 0 Å². The van der Waals surface area contributed by atoms with Crippen LogP contribution < -0.4 is 14.8 Å². The number of hydrogen-bond acceptors (Lipinski definition) is 7. The number of sulfonamides is 1. The predicted octanol–water partition coefficient (Wildman–Crippen LogP) is 5.44. The van der Waals surface area contributed by atoms with Gasteiger partial charge in [-0.1, -0.05) is 11.6 Å². The van der Waals surface area contributed by atoms with Gasteiger partial charge in [0.25, 0.3) is 10.0 Å². The first-order valence-corrected chi connectivity index (χ1v) is 12.7. The van der Waals surface area contributed by atoms with Gasteiger partial charge < -0.3 is 10.1 Å². The summed E-state index contributed by atoms with van der Waals surface area (Å²) in [7, 11) is -4.38. The molecule has 34 heavy (non-hydrogen) atoms. The molecule has 0 fully saturated rings. The van der Waals surface area contributed by atoms with Gasteiger partial charge in [-0.25, -0.2) is 22.2 Å². The molecule has 0 saturated heterocycles. The quantitative estimate of drug-likeness (QED) is 0.238. The molecule has 0 saturated carbocycles.